The van der Waals surface area contributed by atoms with E-state index in [1.165, 1.54) is 12.3 Å². The molecule has 1 heterocycles. The van der Waals surface area contributed by atoms with Gasteiger partial charge in [-0.2, -0.15) is 0 Å². The number of Topliss-reactive ketones (excluding diaryl/α,β-unsaturated/α-hetero) is 1. The van der Waals surface area contributed by atoms with Gasteiger partial charge in [-0.05, 0) is 18.9 Å². The van der Waals surface area contributed by atoms with Crippen molar-refractivity contribution >= 4 is 41.2 Å². The molecule has 7 nitrogen and oxygen atoms in total. The van der Waals surface area contributed by atoms with Gasteiger partial charge in [0.15, 0.2) is 22.0 Å². The molecular weight excluding hydrogens is 357 g/mol. The number of aliphatic hydroxyl groups excluding tert-OH is 1. The van der Waals surface area contributed by atoms with Gasteiger partial charge in [-0.1, -0.05) is 37.0 Å². The van der Waals surface area contributed by atoms with E-state index in [1.54, 1.807) is 6.92 Å². The molecule has 0 bridgehead atoms. The third-order valence-electron chi connectivity index (χ3n) is 3.19. The Bertz CT molecular complexity index is 623. The first-order chi connectivity index (χ1) is 11.3. The topological polar surface area (TPSA) is 102 Å². The number of aliphatic imine (C=N–C) groups is 1. The minimum Gasteiger partial charge on any atom is -0.465 e. The van der Waals surface area contributed by atoms with Crippen molar-refractivity contribution in [1.82, 2.24) is 10.2 Å². The van der Waals surface area contributed by atoms with Gasteiger partial charge >= 0.3 is 5.97 Å². The smallest absolute Gasteiger partial charge is 0.322 e. The number of nitrogens with zero attached hydrogens (tertiary/aromatic N) is 3. The Hall–Kier alpha value is -1.57. The summed E-state index contributed by atoms with van der Waals surface area (Å²) in [6.45, 7) is 5.25. The second-order valence-corrected chi connectivity index (χ2v) is 6.00. The summed E-state index contributed by atoms with van der Waals surface area (Å²) in [6, 6.07) is 0.787. The van der Waals surface area contributed by atoms with Crippen molar-refractivity contribution in [2.45, 2.75) is 26.8 Å². The van der Waals surface area contributed by atoms with Crippen LogP contribution in [-0.2, 0) is 9.53 Å². The predicted molar refractivity (Wildman–Crippen MR) is 90.7 cm³/mol. The van der Waals surface area contributed by atoms with E-state index in [0.717, 1.165) is 0 Å². The molecule has 0 aliphatic carbocycles. The molecular formula is C15H19Cl2N3O4. The molecule has 24 heavy (non-hydrogen) atoms. The lowest BCUT2D eigenvalue weighted by atomic mass is 9.99. The van der Waals surface area contributed by atoms with Crippen LogP contribution in [0.1, 0.15) is 31.1 Å². The van der Waals surface area contributed by atoms with Crippen molar-refractivity contribution in [3.05, 3.63) is 21.9 Å². The molecule has 0 spiro atoms. The van der Waals surface area contributed by atoms with Gasteiger partial charge in [0.05, 0.1) is 24.8 Å². The van der Waals surface area contributed by atoms with Crippen LogP contribution in [0.5, 0.6) is 0 Å². The van der Waals surface area contributed by atoms with Crippen LogP contribution in [0.3, 0.4) is 0 Å². The molecule has 2 atom stereocenters. The lowest BCUT2D eigenvalue weighted by Crippen LogP contribution is -2.29. The van der Waals surface area contributed by atoms with Gasteiger partial charge in [0.25, 0.3) is 0 Å². The number of rotatable bonds is 8. The van der Waals surface area contributed by atoms with Gasteiger partial charge in [0.1, 0.15) is 0 Å². The van der Waals surface area contributed by atoms with E-state index in [2.05, 4.69) is 15.2 Å². The molecule has 0 saturated heterocycles. The highest BCUT2D eigenvalue weighted by atomic mass is 35.5. The van der Waals surface area contributed by atoms with Gasteiger partial charge in [-0.25, -0.2) is 0 Å². The van der Waals surface area contributed by atoms with E-state index < -0.39 is 23.7 Å². The molecule has 132 valence electrons. The van der Waals surface area contributed by atoms with Crippen LogP contribution in [-0.4, -0.2) is 52.5 Å². The molecule has 0 fully saturated rings. The van der Waals surface area contributed by atoms with Gasteiger partial charge in [-0.3, -0.25) is 14.6 Å². The quantitative estimate of drug-likeness (QED) is 0.323. The molecule has 0 aliphatic heterocycles. The molecule has 0 amide bonds. The van der Waals surface area contributed by atoms with Crippen molar-refractivity contribution < 1.29 is 19.4 Å². The molecule has 1 rings (SSSR count). The summed E-state index contributed by atoms with van der Waals surface area (Å²) in [7, 11) is 0. The summed E-state index contributed by atoms with van der Waals surface area (Å²) in [6.07, 6.45) is 1.17. The fraction of sp³-hybridized carbons (Fsp3) is 0.533. The van der Waals surface area contributed by atoms with E-state index in [9.17, 15) is 14.7 Å². The largest absolute Gasteiger partial charge is 0.465 e. The molecule has 0 saturated carbocycles. The Balaban J connectivity index is 3.18. The number of ketones is 1. The number of hydrogen-bond donors (Lipinski definition) is 1. The highest BCUT2D eigenvalue weighted by molar-refractivity contribution is 6.35. The lowest BCUT2D eigenvalue weighted by Gasteiger charge is -2.15. The van der Waals surface area contributed by atoms with E-state index >= 15 is 0 Å². The summed E-state index contributed by atoms with van der Waals surface area (Å²) >= 11 is 11.6. The molecule has 0 aliphatic rings. The van der Waals surface area contributed by atoms with Crippen LogP contribution in [0.2, 0.25) is 10.3 Å². The molecule has 0 radical (unpaired) electrons. The van der Waals surface area contributed by atoms with E-state index in [0.29, 0.717) is 0 Å². The number of aromatic nitrogens is 2. The second-order valence-electron chi connectivity index (χ2n) is 5.26. The molecule has 1 N–H and O–H groups in total. The first-order valence-electron chi connectivity index (χ1n) is 7.35. The standard InChI is InChI=1S/C15H19Cl2N3O4/c1-4-24-15(23)10(6-18-11(7-21)8(2)3)13(22)9-5-12(16)19-20-14(9)17/h5-6,8,10-11,21H,4,7H2,1-3H3. The van der Waals surface area contributed by atoms with Crippen LogP contribution >= 0.6 is 23.2 Å². The minimum atomic E-state index is -1.31. The zero-order chi connectivity index (χ0) is 18.3. The average molecular weight is 376 g/mol. The summed E-state index contributed by atoms with van der Waals surface area (Å²) in [5, 5.41) is 16.2. The van der Waals surface area contributed by atoms with Crippen molar-refractivity contribution in [2.75, 3.05) is 13.2 Å². The summed E-state index contributed by atoms with van der Waals surface area (Å²) in [5.74, 6) is -2.70. The Morgan fingerprint density at radius 2 is 2.04 bits per heavy atom. The zero-order valence-electron chi connectivity index (χ0n) is 13.6. The number of ether oxygens (including phenoxy) is 1. The Morgan fingerprint density at radius 3 is 2.58 bits per heavy atom. The second kappa shape index (κ2) is 9.66. The van der Waals surface area contributed by atoms with Crippen molar-refractivity contribution in [1.29, 1.82) is 0 Å². The van der Waals surface area contributed by atoms with Crippen LogP contribution in [0.25, 0.3) is 0 Å². The van der Waals surface area contributed by atoms with Crippen LogP contribution in [0.4, 0.5) is 0 Å². The molecule has 1 aromatic heterocycles. The molecule has 2 unspecified atom stereocenters. The monoisotopic (exact) mass is 375 g/mol. The van der Waals surface area contributed by atoms with Gasteiger partial charge in [-0.15, -0.1) is 10.2 Å². The maximum atomic E-state index is 12.6. The first-order valence-corrected chi connectivity index (χ1v) is 8.11. The number of carbonyl (C=O) groups is 2. The van der Waals surface area contributed by atoms with Gasteiger partial charge in [0.2, 0.25) is 0 Å². The van der Waals surface area contributed by atoms with E-state index in [-0.39, 0.29) is 35.0 Å². The maximum Gasteiger partial charge on any atom is 0.322 e. The van der Waals surface area contributed by atoms with Crippen molar-refractivity contribution in [3.8, 4) is 0 Å². The predicted octanol–water partition coefficient (Wildman–Crippen LogP) is 2.23. The highest BCUT2D eigenvalue weighted by Crippen LogP contribution is 2.20. The number of carbonyl (C=O) groups excluding carboxylic acids is 2. The fourth-order valence-electron chi connectivity index (χ4n) is 1.79. The lowest BCUT2D eigenvalue weighted by molar-refractivity contribution is -0.143. The molecule has 0 aromatic carbocycles. The van der Waals surface area contributed by atoms with E-state index in [1.807, 2.05) is 13.8 Å². The summed E-state index contributed by atoms with van der Waals surface area (Å²) < 4.78 is 4.92. The highest BCUT2D eigenvalue weighted by Gasteiger charge is 2.30. The average Bonchev–Trinajstić information content (AvgIpc) is 2.53. The maximum absolute atomic E-state index is 12.6. The third-order valence-corrected chi connectivity index (χ3v) is 3.65. The Morgan fingerprint density at radius 1 is 1.38 bits per heavy atom. The third kappa shape index (κ3) is 5.51. The van der Waals surface area contributed by atoms with E-state index in [4.69, 9.17) is 27.9 Å². The van der Waals surface area contributed by atoms with Gasteiger partial charge in [0, 0.05) is 6.21 Å². The fourth-order valence-corrected chi connectivity index (χ4v) is 2.12. The first kappa shape index (κ1) is 20.5. The van der Waals surface area contributed by atoms with Crippen LogP contribution in [0, 0.1) is 11.8 Å². The van der Waals surface area contributed by atoms with Crippen molar-refractivity contribution in [3.63, 3.8) is 0 Å². The van der Waals surface area contributed by atoms with Crippen molar-refractivity contribution in [2.24, 2.45) is 16.8 Å². The number of hydrogen-bond acceptors (Lipinski definition) is 7. The normalized spacial score (nSPS) is 14.0. The van der Waals surface area contributed by atoms with Crippen LogP contribution in [0.15, 0.2) is 11.1 Å². The Kier molecular flexibility index (Phi) is 8.24. The zero-order valence-corrected chi connectivity index (χ0v) is 15.1. The minimum absolute atomic E-state index is 0.0299. The van der Waals surface area contributed by atoms with Crippen LogP contribution < -0.4 is 0 Å². The number of halogens is 2. The summed E-state index contributed by atoms with van der Waals surface area (Å²) in [4.78, 5) is 28.9. The summed E-state index contributed by atoms with van der Waals surface area (Å²) in [5.41, 5.74) is -0.0498. The number of esters is 1. The SMILES string of the molecule is CCOC(=O)C(C=NC(CO)C(C)C)C(=O)c1cc(Cl)nnc1Cl. The Labute approximate surface area is 150 Å². The molecule has 9 heteroatoms. The molecule has 1 aromatic rings. The van der Waals surface area contributed by atoms with Gasteiger partial charge < -0.3 is 9.84 Å². The number of aliphatic hydroxyl groups is 1.